The van der Waals surface area contributed by atoms with Crippen LogP contribution in [0.4, 0.5) is 5.69 Å². The minimum absolute atomic E-state index is 0.0772. The largest absolute Gasteiger partial charge is 0.394 e. The molecule has 2 heterocycles. The Morgan fingerprint density at radius 1 is 0.912 bits per heavy atom. The van der Waals surface area contributed by atoms with Gasteiger partial charge in [-0.3, -0.25) is 10.1 Å². The van der Waals surface area contributed by atoms with Crippen molar-refractivity contribution in [2.24, 2.45) is 0 Å². The van der Waals surface area contributed by atoms with Crippen LogP contribution in [0.15, 0.2) is 18.2 Å². The number of aliphatic hydroxyl groups is 7. The van der Waals surface area contributed by atoms with Crippen molar-refractivity contribution < 1.29 is 59.6 Å². The average molecular weight is 512 g/mol. The smallest absolute Gasteiger partial charge is 0.288 e. The van der Waals surface area contributed by atoms with Gasteiger partial charge in [0.2, 0.25) is 0 Å². The Balaban J connectivity index is 1.67. The summed E-state index contributed by atoms with van der Waals surface area (Å²) in [7, 11) is 0. The van der Waals surface area contributed by atoms with E-state index in [4.69, 9.17) is 30.5 Å². The Labute approximate surface area is 197 Å². The Hall–Kier alpha value is -1.53. The number of ether oxygens (including phenoxy) is 4. The lowest BCUT2D eigenvalue weighted by Gasteiger charge is -2.45. The van der Waals surface area contributed by atoms with Crippen LogP contribution in [-0.4, -0.2) is 115 Å². The minimum Gasteiger partial charge on any atom is -0.394 e. The molecule has 1 aromatic carbocycles. The maximum Gasteiger partial charge on any atom is 0.288 e. The van der Waals surface area contributed by atoms with E-state index in [1.165, 1.54) is 18.2 Å². The lowest BCUT2D eigenvalue weighted by atomic mass is 9.97. The first kappa shape index (κ1) is 27.1. The van der Waals surface area contributed by atoms with Crippen molar-refractivity contribution in [2.45, 2.75) is 68.0 Å². The first-order chi connectivity index (χ1) is 16.1. The monoisotopic (exact) mass is 511 g/mol. The molecule has 34 heavy (non-hydrogen) atoms. The van der Waals surface area contributed by atoms with Crippen LogP contribution in [0.2, 0.25) is 5.02 Å². The predicted molar refractivity (Wildman–Crippen MR) is 109 cm³/mol. The van der Waals surface area contributed by atoms with Crippen molar-refractivity contribution in [3.63, 3.8) is 0 Å². The van der Waals surface area contributed by atoms with Gasteiger partial charge in [0, 0.05) is 6.07 Å². The summed E-state index contributed by atoms with van der Waals surface area (Å²) in [5.41, 5.74) is -0.0317. The van der Waals surface area contributed by atoms with Crippen molar-refractivity contribution in [3.8, 4) is 0 Å². The van der Waals surface area contributed by atoms with E-state index < -0.39 is 79.5 Å². The number of nitro benzene ring substituents is 1. The molecule has 0 bridgehead atoms. The summed E-state index contributed by atoms with van der Waals surface area (Å²) in [5, 5.41) is 80.8. The van der Waals surface area contributed by atoms with Gasteiger partial charge >= 0.3 is 0 Å². The first-order valence-corrected chi connectivity index (χ1v) is 10.6. The fourth-order valence-corrected chi connectivity index (χ4v) is 3.85. The Kier molecular flexibility index (Phi) is 9.13. The van der Waals surface area contributed by atoms with E-state index in [0.717, 1.165) is 0 Å². The van der Waals surface area contributed by atoms with Gasteiger partial charge in [-0.05, 0) is 11.6 Å². The molecule has 0 aliphatic carbocycles. The number of hydrogen-bond acceptors (Lipinski definition) is 13. The van der Waals surface area contributed by atoms with E-state index in [0.29, 0.717) is 5.56 Å². The Bertz CT molecular complexity index is 842. The third kappa shape index (κ3) is 5.64. The summed E-state index contributed by atoms with van der Waals surface area (Å²) < 4.78 is 21.6. The molecule has 7 N–H and O–H groups in total. The number of rotatable bonds is 8. The highest BCUT2D eigenvalue weighted by atomic mass is 35.5. The van der Waals surface area contributed by atoms with E-state index in [-0.39, 0.29) is 17.3 Å². The maximum absolute atomic E-state index is 11.0. The molecule has 2 fully saturated rings. The lowest BCUT2D eigenvalue weighted by Crippen LogP contribution is -2.64. The number of nitrogens with zero attached hydrogens (tertiary/aromatic N) is 1. The van der Waals surface area contributed by atoms with Crippen LogP contribution in [0.3, 0.4) is 0 Å². The molecule has 10 atom stereocenters. The number of nitro groups is 1. The minimum atomic E-state index is -1.78. The second-order valence-corrected chi connectivity index (χ2v) is 8.27. The fourth-order valence-electron chi connectivity index (χ4n) is 3.66. The van der Waals surface area contributed by atoms with Crippen LogP contribution in [0.5, 0.6) is 0 Å². The molecule has 0 amide bonds. The molecule has 2 saturated heterocycles. The first-order valence-electron chi connectivity index (χ1n) is 10.2. The summed E-state index contributed by atoms with van der Waals surface area (Å²) in [5.74, 6) is 0. The molecular weight excluding hydrogens is 486 g/mol. The van der Waals surface area contributed by atoms with Gasteiger partial charge in [-0.1, -0.05) is 17.7 Å². The molecule has 0 radical (unpaired) electrons. The van der Waals surface area contributed by atoms with Crippen LogP contribution in [-0.2, 0) is 25.6 Å². The van der Waals surface area contributed by atoms with Crippen LogP contribution in [0.25, 0.3) is 0 Å². The summed E-state index contributed by atoms with van der Waals surface area (Å²) >= 11 is 5.77. The van der Waals surface area contributed by atoms with E-state index >= 15 is 0 Å². The zero-order valence-corrected chi connectivity index (χ0v) is 18.3. The number of aliphatic hydroxyl groups excluding tert-OH is 7. The lowest BCUT2D eigenvalue weighted by molar-refractivity contribution is -0.384. The molecule has 15 heteroatoms. The molecule has 1 unspecified atom stereocenters. The standard InChI is InChI=1S/C19H26ClNO13/c20-8-2-1-7(3-9(8)21(29)30)6-31-18-16(28)14(26)17(11(5-23)33-18)34-19-15(27)13(25)12(24)10(4-22)32-19/h1-3,10-19,22-28H,4-6H2/t10-,11-,12-,13+,14-,15-,16-,17?,18-,19-/m1/s1. The number of halogens is 1. The van der Waals surface area contributed by atoms with Gasteiger partial charge in [0.05, 0.1) is 24.7 Å². The second kappa shape index (κ2) is 11.5. The fraction of sp³-hybridized carbons (Fsp3) is 0.684. The summed E-state index contributed by atoms with van der Waals surface area (Å²) in [6.07, 6.45) is -15.8. The highest BCUT2D eigenvalue weighted by Gasteiger charge is 2.50. The third-order valence-electron chi connectivity index (χ3n) is 5.58. The third-order valence-corrected chi connectivity index (χ3v) is 5.90. The zero-order chi connectivity index (χ0) is 25.2. The Morgan fingerprint density at radius 3 is 2.15 bits per heavy atom. The zero-order valence-electron chi connectivity index (χ0n) is 17.5. The van der Waals surface area contributed by atoms with Crippen molar-refractivity contribution >= 4 is 17.3 Å². The second-order valence-electron chi connectivity index (χ2n) is 7.86. The predicted octanol–water partition coefficient (Wildman–Crippen LogP) is -2.61. The maximum atomic E-state index is 11.0. The van der Waals surface area contributed by atoms with Gasteiger partial charge in [-0.25, -0.2) is 0 Å². The quantitative estimate of drug-likeness (QED) is 0.140. The van der Waals surface area contributed by atoms with Crippen molar-refractivity contribution in [1.82, 2.24) is 0 Å². The van der Waals surface area contributed by atoms with Gasteiger partial charge < -0.3 is 54.7 Å². The summed E-state index contributed by atoms with van der Waals surface area (Å²) in [4.78, 5) is 10.4. The van der Waals surface area contributed by atoms with Crippen molar-refractivity contribution in [3.05, 3.63) is 38.9 Å². The van der Waals surface area contributed by atoms with E-state index in [2.05, 4.69) is 0 Å². The molecule has 0 spiro atoms. The molecule has 2 aliphatic rings. The highest BCUT2D eigenvalue weighted by molar-refractivity contribution is 6.32. The van der Waals surface area contributed by atoms with Gasteiger partial charge in [-0.2, -0.15) is 0 Å². The van der Waals surface area contributed by atoms with Gasteiger partial charge in [0.25, 0.3) is 5.69 Å². The summed E-state index contributed by atoms with van der Waals surface area (Å²) in [6.45, 7) is -1.71. The highest BCUT2D eigenvalue weighted by Crippen LogP contribution is 2.30. The van der Waals surface area contributed by atoms with Crippen LogP contribution >= 0.6 is 11.6 Å². The molecule has 0 saturated carbocycles. The van der Waals surface area contributed by atoms with E-state index in [1.54, 1.807) is 0 Å². The van der Waals surface area contributed by atoms with E-state index in [1.807, 2.05) is 0 Å². The molecule has 2 aliphatic heterocycles. The Morgan fingerprint density at radius 2 is 1.53 bits per heavy atom. The van der Waals surface area contributed by atoms with Crippen molar-refractivity contribution in [2.75, 3.05) is 13.2 Å². The SMILES string of the molecule is O=[N+]([O-])c1cc(CO[C@@H]2O[C@H](CO)C(O[C@H]3O[C@H](CO)[C@@H](O)[C@H](O)[C@H]3O)[C@H](O)[C@H]2O)ccc1Cl. The van der Waals surface area contributed by atoms with Gasteiger partial charge in [-0.15, -0.1) is 0 Å². The van der Waals surface area contributed by atoms with Crippen LogP contribution in [0.1, 0.15) is 5.56 Å². The van der Waals surface area contributed by atoms with Crippen LogP contribution in [0, 0.1) is 10.1 Å². The molecule has 192 valence electrons. The molecular formula is C19H26ClNO13. The molecule has 1 aromatic rings. The number of benzene rings is 1. The topological polar surface area (TPSA) is 222 Å². The van der Waals surface area contributed by atoms with Crippen molar-refractivity contribution in [1.29, 1.82) is 0 Å². The summed E-state index contributed by atoms with van der Waals surface area (Å²) in [6, 6.07) is 3.92. The average Bonchev–Trinajstić information content (AvgIpc) is 2.82. The number of hydrogen-bond donors (Lipinski definition) is 7. The molecule has 0 aromatic heterocycles. The van der Waals surface area contributed by atoms with E-state index in [9.17, 15) is 45.9 Å². The normalized spacial score (nSPS) is 38.6. The van der Waals surface area contributed by atoms with Gasteiger partial charge in [0.1, 0.15) is 53.9 Å². The van der Waals surface area contributed by atoms with Crippen LogP contribution < -0.4 is 0 Å². The molecule has 3 rings (SSSR count). The van der Waals surface area contributed by atoms with Gasteiger partial charge in [0.15, 0.2) is 12.6 Å². The molecule has 14 nitrogen and oxygen atoms in total.